The summed E-state index contributed by atoms with van der Waals surface area (Å²) in [4.78, 5) is 84.8. The average Bonchev–Trinajstić information content (AvgIpc) is 3.98. The van der Waals surface area contributed by atoms with Gasteiger partial charge in [-0.3, -0.25) is 19.2 Å². The number of anilines is 2. The number of amides is 2. The van der Waals surface area contributed by atoms with Gasteiger partial charge < -0.3 is 60.0 Å². The summed E-state index contributed by atoms with van der Waals surface area (Å²) in [5.74, 6) is -0.380. The number of carbonyl (C=O) groups excluding carboxylic acids is 6. The number of nitrogens with two attached hydrogens (primary N) is 2. The maximum Gasteiger partial charge on any atom is 0.343 e. The van der Waals surface area contributed by atoms with Gasteiger partial charge in [-0.2, -0.15) is 4.98 Å². The fourth-order valence-corrected chi connectivity index (χ4v) is 10.1. The molecule has 22 heteroatoms. The van der Waals surface area contributed by atoms with Crippen molar-refractivity contribution in [3.05, 3.63) is 139 Å². The lowest BCUT2D eigenvalue weighted by molar-refractivity contribution is -0.132. The number of unbranched alkanes of at least 4 members (excludes halogenated alkanes) is 3. The van der Waals surface area contributed by atoms with Crippen molar-refractivity contribution in [2.75, 3.05) is 45.4 Å². The first-order chi connectivity index (χ1) is 37.0. The zero-order valence-corrected chi connectivity index (χ0v) is 45.3. The van der Waals surface area contributed by atoms with Gasteiger partial charge in [-0.05, 0) is 130 Å². The van der Waals surface area contributed by atoms with Crippen molar-refractivity contribution in [1.29, 1.82) is 0 Å². The minimum absolute atomic E-state index is 0.0279. The molecule has 1 spiro atoms. The van der Waals surface area contributed by atoms with Crippen molar-refractivity contribution in [2.24, 2.45) is 0 Å². The zero-order chi connectivity index (χ0) is 55.0. The number of nitrogens with one attached hydrogen (secondary N) is 2. The van der Waals surface area contributed by atoms with Crippen LogP contribution in [0.4, 0.5) is 11.8 Å². The van der Waals surface area contributed by atoms with Crippen molar-refractivity contribution in [3.8, 4) is 46.0 Å². The average molecular weight is 1180 g/mol. The molecule has 0 bridgehead atoms. The first-order valence-electron chi connectivity index (χ1n) is 24.2. The van der Waals surface area contributed by atoms with Crippen LogP contribution < -0.4 is 55.3 Å². The van der Waals surface area contributed by atoms with Gasteiger partial charge in [-0.15, -0.1) is 0 Å². The van der Waals surface area contributed by atoms with E-state index in [1.165, 1.54) is 50.2 Å². The van der Waals surface area contributed by atoms with Crippen molar-refractivity contribution in [2.45, 2.75) is 64.4 Å². The SMILES string of the molecule is COc1cc(Cc2cnc(N)nc2N)cc(OC)c1OCCCCC(=O)NCCCCCNC(=O)c1cc(Br)c(OC(=O)c2ccc3c(c2)C(=O)OC32c3ccc(OC(C)=O)cc3Oc3cc(OC(C)=O)ccc32)c(Br)c1. The fourth-order valence-electron chi connectivity index (χ4n) is 8.79. The third-order valence-electron chi connectivity index (χ3n) is 12.3. The highest BCUT2D eigenvalue weighted by Gasteiger charge is 2.54. The van der Waals surface area contributed by atoms with Crippen LogP contribution in [0.3, 0.4) is 0 Å². The van der Waals surface area contributed by atoms with E-state index in [1.807, 2.05) is 12.1 Å². The first kappa shape index (κ1) is 55.0. The third kappa shape index (κ3) is 12.6. The third-order valence-corrected chi connectivity index (χ3v) is 13.5. The molecule has 2 aliphatic rings. The fraction of sp³-hybridized carbons (Fsp3) is 0.273. The topological polar surface area (TPSA) is 278 Å². The van der Waals surface area contributed by atoms with E-state index in [0.29, 0.717) is 112 Å². The van der Waals surface area contributed by atoms with E-state index in [4.69, 9.17) is 49.4 Å². The summed E-state index contributed by atoms with van der Waals surface area (Å²) in [6, 6.07) is 20.5. The normalized spacial score (nSPS) is 12.5. The first-order valence-corrected chi connectivity index (χ1v) is 25.8. The zero-order valence-electron chi connectivity index (χ0n) is 42.2. The highest BCUT2D eigenvalue weighted by atomic mass is 79.9. The molecule has 0 saturated carbocycles. The Labute approximate surface area is 458 Å². The number of halogens is 2. The molecule has 6 N–H and O–H groups in total. The molecule has 2 aliphatic heterocycles. The number of ether oxygens (including phenoxy) is 8. The minimum Gasteiger partial charge on any atom is -0.493 e. The van der Waals surface area contributed by atoms with Gasteiger partial charge >= 0.3 is 23.9 Å². The smallest absolute Gasteiger partial charge is 0.343 e. The van der Waals surface area contributed by atoms with E-state index in [-0.39, 0.29) is 57.6 Å². The van der Waals surface area contributed by atoms with Crippen LogP contribution in [-0.4, -0.2) is 79.6 Å². The summed E-state index contributed by atoms with van der Waals surface area (Å²) in [6.45, 7) is 3.74. The second-order valence-electron chi connectivity index (χ2n) is 17.7. The predicted molar refractivity (Wildman–Crippen MR) is 286 cm³/mol. The van der Waals surface area contributed by atoms with Crippen LogP contribution in [0.15, 0.2) is 94.0 Å². The molecule has 5 aromatic carbocycles. The van der Waals surface area contributed by atoms with E-state index in [9.17, 15) is 28.8 Å². The van der Waals surface area contributed by atoms with Crippen LogP contribution in [0, 0.1) is 0 Å². The van der Waals surface area contributed by atoms with E-state index in [1.54, 1.807) is 50.7 Å². The number of methoxy groups -OCH3 is 2. The molecule has 6 aromatic rings. The minimum atomic E-state index is -1.57. The summed E-state index contributed by atoms with van der Waals surface area (Å²) in [5, 5.41) is 5.84. The number of aromatic nitrogens is 2. The van der Waals surface area contributed by atoms with E-state index in [0.717, 1.165) is 18.4 Å². The van der Waals surface area contributed by atoms with E-state index in [2.05, 4.69) is 52.5 Å². The van der Waals surface area contributed by atoms with E-state index < -0.39 is 29.5 Å². The van der Waals surface area contributed by atoms with Crippen LogP contribution >= 0.6 is 31.9 Å². The lowest BCUT2D eigenvalue weighted by Crippen LogP contribution is -2.33. The molecular weight excluding hydrogens is 1130 g/mol. The van der Waals surface area contributed by atoms with Gasteiger partial charge in [0.1, 0.15) is 28.8 Å². The van der Waals surface area contributed by atoms with Gasteiger partial charge in [0.15, 0.2) is 22.8 Å². The van der Waals surface area contributed by atoms with Crippen molar-refractivity contribution in [3.63, 3.8) is 0 Å². The van der Waals surface area contributed by atoms with Gasteiger partial charge in [0.25, 0.3) is 5.91 Å². The summed E-state index contributed by atoms with van der Waals surface area (Å²) in [7, 11) is 3.08. The Balaban J connectivity index is 0.789. The van der Waals surface area contributed by atoms with Gasteiger partial charge in [-0.1, -0.05) is 6.07 Å². The molecule has 0 fully saturated rings. The Kier molecular flexibility index (Phi) is 17.3. The molecular formula is C55H52Br2N6O14. The molecule has 0 radical (unpaired) electrons. The molecule has 0 aliphatic carbocycles. The number of esters is 4. The molecule has 1 aromatic heterocycles. The largest absolute Gasteiger partial charge is 0.493 e. The Hall–Kier alpha value is -8.24. The molecule has 400 valence electrons. The number of rotatable bonds is 21. The standard InChI is InChI=1S/C55H52Br2N6O14/c1-29(64)73-35-12-15-39-43(26-35)75-44-27-36(74-30(2)65)13-16-40(44)55(39)38-14-11-32(23-37(38)53(69)77-55)52(68)76-48-41(56)24-33(25-42(48)57)51(67)61-18-8-5-7-17-60-47(66)10-6-9-19-72-49-45(70-3)21-31(22-46(49)71-4)20-34-28-62-54(59)63-50(34)58/h11-16,21-28H,5-10,17-20H2,1-4H3,(H,60,66)(H,61,67)(H4,58,59,62,63). The van der Waals surface area contributed by atoms with Crippen LogP contribution in [0.5, 0.6) is 46.0 Å². The summed E-state index contributed by atoms with van der Waals surface area (Å²) < 4.78 is 46.7. The van der Waals surface area contributed by atoms with Crippen LogP contribution in [-0.2, 0) is 31.1 Å². The monoisotopic (exact) mass is 1180 g/mol. The summed E-state index contributed by atoms with van der Waals surface area (Å²) in [5.41, 5.74) is 13.2. The summed E-state index contributed by atoms with van der Waals surface area (Å²) in [6.07, 6.45) is 5.72. The van der Waals surface area contributed by atoms with Gasteiger partial charge in [0.05, 0.1) is 40.9 Å². The van der Waals surface area contributed by atoms with Gasteiger partial charge in [0.2, 0.25) is 17.6 Å². The predicted octanol–water partition coefficient (Wildman–Crippen LogP) is 8.68. The molecule has 77 heavy (non-hydrogen) atoms. The number of nitrogen functional groups attached to an aromatic ring is 2. The molecule has 3 heterocycles. The Morgan fingerprint density at radius 1 is 0.688 bits per heavy atom. The van der Waals surface area contributed by atoms with Gasteiger partial charge in [0, 0.05) is 85.9 Å². The number of hydrogen-bond donors (Lipinski definition) is 4. The number of hydrogen-bond acceptors (Lipinski definition) is 18. The highest BCUT2D eigenvalue weighted by Crippen LogP contribution is 2.57. The second-order valence-corrected chi connectivity index (χ2v) is 19.4. The molecule has 8 rings (SSSR count). The number of carbonyl (C=O) groups is 6. The second kappa shape index (κ2) is 24.2. The molecule has 0 saturated heterocycles. The lowest BCUT2D eigenvalue weighted by atomic mass is 9.77. The van der Waals surface area contributed by atoms with Crippen molar-refractivity contribution >= 4 is 79.3 Å². The maximum absolute atomic E-state index is 13.8. The Bertz CT molecular complexity index is 3200. The number of nitrogens with zero attached hydrogens (tertiary/aromatic N) is 2. The molecule has 0 atom stereocenters. The Morgan fingerprint density at radius 2 is 1.30 bits per heavy atom. The Morgan fingerprint density at radius 3 is 1.90 bits per heavy atom. The molecule has 20 nitrogen and oxygen atoms in total. The van der Waals surface area contributed by atoms with Crippen molar-refractivity contribution < 1.29 is 66.7 Å². The summed E-state index contributed by atoms with van der Waals surface area (Å²) >= 11 is 6.87. The van der Waals surface area contributed by atoms with Crippen LogP contribution in [0.25, 0.3) is 0 Å². The number of benzene rings is 5. The van der Waals surface area contributed by atoms with Gasteiger partial charge in [-0.25, -0.2) is 14.6 Å². The molecule has 0 unspecified atom stereocenters. The number of fused-ring (bicyclic) bond motifs is 6. The maximum atomic E-state index is 13.8. The lowest BCUT2D eigenvalue weighted by Gasteiger charge is -2.36. The van der Waals surface area contributed by atoms with Crippen molar-refractivity contribution in [1.82, 2.24) is 20.6 Å². The molecule has 2 amide bonds. The highest BCUT2D eigenvalue weighted by molar-refractivity contribution is 9.11. The van der Waals surface area contributed by atoms with Crippen LogP contribution in [0.2, 0.25) is 0 Å². The van der Waals surface area contributed by atoms with E-state index >= 15 is 0 Å². The quantitative estimate of drug-likeness (QED) is 0.0298. The van der Waals surface area contributed by atoms with Crippen LogP contribution in [0.1, 0.15) is 111 Å².